The van der Waals surface area contributed by atoms with Crippen molar-refractivity contribution in [3.63, 3.8) is 0 Å². The molecule has 7 heteroatoms. The molecule has 1 aliphatic heterocycles. The van der Waals surface area contributed by atoms with E-state index >= 15 is 0 Å². The minimum absolute atomic E-state index is 0.0607. The van der Waals surface area contributed by atoms with Gasteiger partial charge >= 0.3 is 6.61 Å². The van der Waals surface area contributed by atoms with E-state index in [9.17, 15) is 13.2 Å². The third kappa shape index (κ3) is 3.93. The summed E-state index contributed by atoms with van der Waals surface area (Å²) in [5.41, 5.74) is 5.65. The molecule has 1 aromatic rings. The van der Waals surface area contributed by atoms with Crippen LogP contribution in [0.3, 0.4) is 0 Å². The predicted molar refractivity (Wildman–Crippen MR) is 68.6 cm³/mol. The van der Waals surface area contributed by atoms with Crippen molar-refractivity contribution in [2.24, 2.45) is 0 Å². The number of alkyl halides is 2. The molecule has 0 bridgehead atoms. The molecular weight excluding hydrogens is 273 g/mol. The number of likely N-dealkylation sites (tertiary alicyclic amines) is 1. The van der Waals surface area contributed by atoms with Crippen LogP contribution in [0.25, 0.3) is 0 Å². The zero-order chi connectivity index (χ0) is 14.5. The molecule has 0 radical (unpaired) electrons. The van der Waals surface area contributed by atoms with Crippen molar-refractivity contribution in [1.82, 2.24) is 4.90 Å². The van der Waals surface area contributed by atoms with E-state index < -0.39 is 18.2 Å². The fourth-order valence-corrected chi connectivity index (χ4v) is 2.15. The lowest BCUT2D eigenvalue weighted by Gasteiger charge is -2.16. The Labute approximate surface area is 115 Å². The highest BCUT2D eigenvalue weighted by Gasteiger charge is 2.15. The van der Waals surface area contributed by atoms with E-state index in [1.165, 1.54) is 12.8 Å². The van der Waals surface area contributed by atoms with Crippen LogP contribution in [-0.4, -0.2) is 37.8 Å². The molecule has 1 saturated heterocycles. The first-order chi connectivity index (χ1) is 9.56. The van der Waals surface area contributed by atoms with Crippen LogP contribution in [0.5, 0.6) is 11.5 Å². The monoisotopic (exact) mass is 290 g/mol. The summed E-state index contributed by atoms with van der Waals surface area (Å²) < 4.78 is 47.1. The van der Waals surface area contributed by atoms with E-state index in [0.29, 0.717) is 6.61 Å². The Morgan fingerprint density at radius 1 is 1.20 bits per heavy atom. The molecule has 0 saturated carbocycles. The molecule has 0 aromatic heterocycles. The lowest BCUT2D eigenvalue weighted by molar-refractivity contribution is -0.0522. The Balaban J connectivity index is 1.95. The van der Waals surface area contributed by atoms with Gasteiger partial charge in [0.1, 0.15) is 12.4 Å². The van der Waals surface area contributed by atoms with E-state index in [4.69, 9.17) is 10.5 Å². The molecule has 1 fully saturated rings. The third-order valence-corrected chi connectivity index (χ3v) is 3.14. The predicted octanol–water partition coefficient (Wildman–Crippen LogP) is 2.48. The Hall–Kier alpha value is -1.63. The molecule has 0 atom stereocenters. The molecule has 0 amide bonds. The Kier molecular flexibility index (Phi) is 4.94. The molecule has 4 nitrogen and oxygen atoms in total. The van der Waals surface area contributed by atoms with Crippen LogP contribution in [-0.2, 0) is 0 Å². The summed E-state index contributed by atoms with van der Waals surface area (Å²) in [6.45, 7) is 0.0566. The zero-order valence-electron chi connectivity index (χ0n) is 10.9. The van der Waals surface area contributed by atoms with Crippen LogP contribution in [0.4, 0.5) is 18.9 Å². The molecule has 20 heavy (non-hydrogen) atoms. The van der Waals surface area contributed by atoms with Crippen molar-refractivity contribution in [3.8, 4) is 11.5 Å². The summed E-state index contributed by atoms with van der Waals surface area (Å²) in [5, 5.41) is 0. The number of ether oxygens (including phenoxy) is 2. The third-order valence-electron chi connectivity index (χ3n) is 3.14. The molecule has 0 unspecified atom stereocenters. The van der Waals surface area contributed by atoms with Crippen LogP contribution >= 0.6 is 0 Å². The van der Waals surface area contributed by atoms with E-state index in [1.54, 1.807) is 0 Å². The average Bonchev–Trinajstić information content (AvgIpc) is 2.87. The summed E-state index contributed by atoms with van der Waals surface area (Å²) in [6.07, 6.45) is 2.34. The molecule has 2 rings (SSSR count). The summed E-state index contributed by atoms with van der Waals surface area (Å²) in [5.74, 6) is -1.35. The van der Waals surface area contributed by atoms with Gasteiger partial charge in [0.2, 0.25) is 0 Å². The maximum Gasteiger partial charge on any atom is 0.387 e. The van der Waals surface area contributed by atoms with Gasteiger partial charge in [-0.3, -0.25) is 4.90 Å². The summed E-state index contributed by atoms with van der Waals surface area (Å²) in [4.78, 5) is 2.23. The van der Waals surface area contributed by atoms with Crippen molar-refractivity contribution >= 4 is 5.69 Å². The Morgan fingerprint density at radius 3 is 2.55 bits per heavy atom. The standard InChI is InChI=1S/C13H17F3N2O2/c14-9-7-10(17)12(8-11(9)20-13(15)16)19-6-5-18-3-1-2-4-18/h7-8,13H,1-6,17H2. The number of hydrogen-bond acceptors (Lipinski definition) is 4. The minimum atomic E-state index is -3.09. The van der Waals surface area contributed by atoms with E-state index in [2.05, 4.69) is 9.64 Å². The number of anilines is 1. The van der Waals surface area contributed by atoms with Crippen LogP contribution in [0.1, 0.15) is 12.8 Å². The summed E-state index contributed by atoms with van der Waals surface area (Å²) in [6, 6.07) is 1.98. The molecule has 2 N–H and O–H groups in total. The van der Waals surface area contributed by atoms with Gasteiger partial charge in [-0.15, -0.1) is 0 Å². The number of benzene rings is 1. The largest absolute Gasteiger partial charge is 0.490 e. The van der Waals surface area contributed by atoms with Crippen molar-refractivity contribution in [1.29, 1.82) is 0 Å². The number of rotatable bonds is 6. The van der Waals surface area contributed by atoms with E-state index in [1.807, 2.05) is 0 Å². The van der Waals surface area contributed by atoms with Crippen LogP contribution in [0.2, 0.25) is 0 Å². The topological polar surface area (TPSA) is 47.7 Å². The highest BCUT2D eigenvalue weighted by atomic mass is 19.3. The van der Waals surface area contributed by atoms with E-state index in [-0.39, 0.29) is 11.4 Å². The van der Waals surface area contributed by atoms with Gasteiger partial charge in [-0.25, -0.2) is 4.39 Å². The van der Waals surface area contributed by atoms with Crippen LogP contribution < -0.4 is 15.2 Å². The molecule has 112 valence electrons. The molecular formula is C13H17F3N2O2. The van der Waals surface area contributed by atoms with Gasteiger partial charge in [0.25, 0.3) is 0 Å². The number of nitrogens with two attached hydrogens (primary N) is 1. The smallest absolute Gasteiger partial charge is 0.387 e. The first-order valence-corrected chi connectivity index (χ1v) is 6.45. The summed E-state index contributed by atoms with van der Waals surface area (Å²) in [7, 11) is 0. The average molecular weight is 290 g/mol. The van der Waals surface area contributed by atoms with Gasteiger partial charge in [-0.1, -0.05) is 0 Å². The molecule has 1 aromatic carbocycles. The van der Waals surface area contributed by atoms with Crippen LogP contribution in [0, 0.1) is 5.82 Å². The second kappa shape index (κ2) is 6.69. The number of hydrogen-bond donors (Lipinski definition) is 1. The SMILES string of the molecule is Nc1cc(F)c(OC(F)F)cc1OCCN1CCCC1. The van der Waals surface area contributed by atoms with E-state index in [0.717, 1.165) is 31.8 Å². The Bertz CT molecular complexity index is 451. The van der Waals surface area contributed by atoms with Gasteiger partial charge in [0, 0.05) is 18.7 Å². The van der Waals surface area contributed by atoms with Gasteiger partial charge in [-0.2, -0.15) is 8.78 Å². The maximum absolute atomic E-state index is 13.4. The van der Waals surface area contributed by atoms with Crippen molar-refractivity contribution in [2.45, 2.75) is 19.5 Å². The highest BCUT2D eigenvalue weighted by molar-refractivity contribution is 5.56. The second-order valence-electron chi connectivity index (χ2n) is 4.60. The summed E-state index contributed by atoms with van der Waals surface area (Å²) >= 11 is 0. The lowest BCUT2D eigenvalue weighted by Crippen LogP contribution is -2.25. The number of nitrogen functional groups attached to an aromatic ring is 1. The minimum Gasteiger partial charge on any atom is -0.490 e. The van der Waals surface area contributed by atoms with Crippen molar-refractivity contribution in [2.75, 3.05) is 32.0 Å². The van der Waals surface area contributed by atoms with Gasteiger partial charge in [0.05, 0.1) is 5.69 Å². The quantitative estimate of drug-likeness (QED) is 0.818. The number of nitrogens with zero attached hydrogens (tertiary/aromatic N) is 1. The second-order valence-corrected chi connectivity index (χ2v) is 4.60. The zero-order valence-corrected chi connectivity index (χ0v) is 10.9. The normalized spacial score (nSPS) is 15.8. The number of halogens is 3. The molecule has 0 spiro atoms. The van der Waals surface area contributed by atoms with Crippen molar-refractivity contribution < 1.29 is 22.6 Å². The molecule has 1 aliphatic rings. The first-order valence-electron chi connectivity index (χ1n) is 6.45. The fraction of sp³-hybridized carbons (Fsp3) is 0.538. The highest BCUT2D eigenvalue weighted by Crippen LogP contribution is 2.31. The molecule has 0 aliphatic carbocycles. The van der Waals surface area contributed by atoms with Gasteiger partial charge in [0.15, 0.2) is 11.6 Å². The van der Waals surface area contributed by atoms with Gasteiger partial charge in [-0.05, 0) is 25.9 Å². The first kappa shape index (κ1) is 14.8. The van der Waals surface area contributed by atoms with Crippen molar-refractivity contribution in [3.05, 3.63) is 17.9 Å². The maximum atomic E-state index is 13.4. The Morgan fingerprint density at radius 2 is 1.90 bits per heavy atom. The molecule has 1 heterocycles. The van der Waals surface area contributed by atoms with Crippen LogP contribution in [0.15, 0.2) is 12.1 Å². The van der Waals surface area contributed by atoms with Gasteiger partial charge < -0.3 is 15.2 Å². The fourth-order valence-electron chi connectivity index (χ4n) is 2.15. The lowest BCUT2D eigenvalue weighted by atomic mass is 10.2.